The highest BCUT2D eigenvalue weighted by Crippen LogP contribution is 2.20. The molecule has 25 heavy (non-hydrogen) atoms. The molecule has 0 unspecified atom stereocenters. The molecule has 130 valence electrons. The van der Waals surface area contributed by atoms with E-state index in [0.29, 0.717) is 12.4 Å². The number of imidazole rings is 1. The lowest BCUT2D eigenvalue weighted by Crippen LogP contribution is -2.30. The number of fused-ring (bicyclic) bond motifs is 1. The van der Waals surface area contributed by atoms with Gasteiger partial charge in [0.2, 0.25) is 5.91 Å². The van der Waals surface area contributed by atoms with Gasteiger partial charge >= 0.3 is 0 Å². The van der Waals surface area contributed by atoms with Gasteiger partial charge < -0.3 is 15.0 Å². The number of carbonyl (C=O) groups excluding carboxylic acids is 1. The van der Waals surface area contributed by atoms with Crippen molar-refractivity contribution in [2.45, 2.75) is 32.9 Å². The van der Waals surface area contributed by atoms with Crippen LogP contribution in [0.1, 0.15) is 30.0 Å². The summed E-state index contributed by atoms with van der Waals surface area (Å²) in [5.74, 6) is 0.425. The molecule has 0 radical (unpaired) electrons. The van der Waals surface area contributed by atoms with Crippen LogP contribution in [-0.2, 0) is 17.8 Å². The number of para-hydroxylation sites is 2. The van der Waals surface area contributed by atoms with E-state index >= 15 is 0 Å². The first-order chi connectivity index (χ1) is 12.1. The Morgan fingerprint density at radius 2 is 1.92 bits per heavy atom. The average Bonchev–Trinajstić information content (AvgIpc) is 2.96. The summed E-state index contributed by atoms with van der Waals surface area (Å²) in [5, 5.41) is 12.9. The zero-order chi connectivity index (χ0) is 17.8. The molecule has 0 aliphatic rings. The largest absolute Gasteiger partial charge is 0.385 e. The summed E-state index contributed by atoms with van der Waals surface area (Å²) in [4.78, 5) is 16.8. The molecule has 1 heterocycles. The number of amides is 1. The van der Waals surface area contributed by atoms with Crippen LogP contribution in [0.4, 0.5) is 0 Å². The third-order valence-corrected chi connectivity index (χ3v) is 4.34. The van der Waals surface area contributed by atoms with Crippen molar-refractivity contribution in [1.29, 1.82) is 0 Å². The molecule has 1 amide bonds. The molecular formula is C20H23N3O2. The van der Waals surface area contributed by atoms with Crippen LogP contribution >= 0.6 is 0 Å². The molecule has 0 saturated carbocycles. The molecule has 5 heteroatoms. The number of hydrogen-bond acceptors (Lipinski definition) is 3. The first-order valence-corrected chi connectivity index (χ1v) is 8.50. The number of nitrogens with zero attached hydrogens (tertiary/aromatic N) is 2. The maximum atomic E-state index is 12.4. The number of aryl methyl sites for hydroxylation is 1. The van der Waals surface area contributed by atoms with Crippen molar-refractivity contribution < 1.29 is 9.90 Å². The lowest BCUT2D eigenvalue weighted by Gasteiger charge is -2.12. The van der Waals surface area contributed by atoms with Gasteiger partial charge in [-0.2, -0.15) is 0 Å². The lowest BCUT2D eigenvalue weighted by molar-refractivity contribution is -0.121. The predicted octanol–water partition coefficient (Wildman–Crippen LogP) is 2.76. The van der Waals surface area contributed by atoms with Crippen molar-refractivity contribution in [1.82, 2.24) is 14.9 Å². The fourth-order valence-corrected chi connectivity index (χ4v) is 3.01. The van der Waals surface area contributed by atoms with Crippen molar-refractivity contribution in [3.63, 3.8) is 0 Å². The van der Waals surface area contributed by atoms with E-state index in [-0.39, 0.29) is 12.5 Å². The molecule has 2 aromatic carbocycles. The van der Waals surface area contributed by atoms with Gasteiger partial charge in [0.05, 0.1) is 11.0 Å². The summed E-state index contributed by atoms with van der Waals surface area (Å²) >= 11 is 0. The SMILES string of the molecule is Cc1ccccc1CCNC(=O)Cn1c([C@@H](C)O)nc2ccccc21. The molecule has 1 atom stereocenters. The zero-order valence-electron chi connectivity index (χ0n) is 14.6. The second-order valence-corrected chi connectivity index (χ2v) is 6.25. The summed E-state index contributed by atoms with van der Waals surface area (Å²) in [6.45, 7) is 4.46. The van der Waals surface area contributed by atoms with Crippen molar-refractivity contribution in [2.24, 2.45) is 0 Å². The van der Waals surface area contributed by atoms with Gasteiger partial charge in [-0.25, -0.2) is 4.98 Å². The quantitative estimate of drug-likeness (QED) is 0.727. The molecule has 0 fully saturated rings. The third-order valence-electron chi connectivity index (χ3n) is 4.34. The van der Waals surface area contributed by atoms with E-state index in [1.807, 2.05) is 36.4 Å². The van der Waals surface area contributed by atoms with Crippen molar-refractivity contribution >= 4 is 16.9 Å². The van der Waals surface area contributed by atoms with Crippen LogP contribution in [0.5, 0.6) is 0 Å². The van der Waals surface area contributed by atoms with Gasteiger partial charge in [-0.1, -0.05) is 36.4 Å². The Kier molecular flexibility index (Phi) is 5.14. The molecule has 0 aliphatic carbocycles. The smallest absolute Gasteiger partial charge is 0.240 e. The number of carbonyl (C=O) groups is 1. The van der Waals surface area contributed by atoms with Gasteiger partial charge in [0, 0.05) is 6.54 Å². The summed E-state index contributed by atoms with van der Waals surface area (Å²) in [6, 6.07) is 15.8. The highest BCUT2D eigenvalue weighted by atomic mass is 16.3. The second-order valence-electron chi connectivity index (χ2n) is 6.25. The number of nitrogens with one attached hydrogen (secondary N) is 1. The molecule has 0 saturated heterocycles. The highest BCUT2D eigenvalue weighted by Gasteiger charge is 2.16. The number of aliphatic hydroxyl groups is 1. The van der Waals surface area contributed by atoms with Gasteiger partial charge in [-0.05, 0) is 43.5 Å². The predicted molar refractivity (Wildman–Crippen MR) is 98.3 cm³/mol. The van der Waals surface area contributed by atoms with E-state index in [9.17, 15) is 9.90 Å². The number of rotatable bonds is 6. The van der Waals surface area contributed by atoms with Crippen LogP contribution in [0, 0.1) is 6.92 Å². The zero-order valence-corrected chi connectivity index (χ0v) is 14.6. The minimum atomic E-state index is -0.729. The maximum Gasteiger partial charge on any atom is 0.240 e. The summed E-state index contributed by atoms with van der Waals surface area (Å²) < 4.78 is 1.78. The van der Waals surface area contributed by atoms with E-state index in [2.05, 4.69) is 29.4 Å². The molecule has 0 aliphatic heterocycles. The van der Waals surface area contributed by atoms with Gasteiger partial charge in [-0.3, -0.25) is 4.79 Å². The average molecular weight is 337 g/mol. The summed E-state index contributed by atoms with van der Waals surface area (Å²) in [6.07, 6.45) is 0.0685. The van der Waals surface area contributed by atoms with E-state index in [1.54, 1.807) is 11.5 Å². The molecule has 0 bridgehead atoms. The van der Waals surface area contributed by atoms with Crippen molar-refractivity contribution in [3.05, 3.63) is 65.5 Å². The Balaban J connectivity index is 1.68. The molecule has 0 spiro atoms. The molecule has 3 aromatic rings. The van der Waals surface area contributed by atoms with E-state index in [0.717, 1.165) is 17.5 Å². The minimum absolute atomic E-state index is 0.0846. The minimum Gasteiger partial charge on any atom is -0.385 e. The lowest BCUT2D eigenvalue weighted by atomic mass is 10.1. The third kappa shape index (κ3) is 3.88. The Morgan fingerprint density at radius 1 is 1.20 bits per heavy atom. The topological polar surface area (TPSA) is 67.2 Å². The van der Waals surface area contributed by atoms with Gasteiger partial charge in [0.15, 0.2) is 0 Å². The van der Waals surface area contributed by atoms with Gasteiger partial charge in [-0.15, -0.1) is 0 Å². The van der Waals surface area contributed by atoms with Crippen LogP contribution in [0.2, 0.25) is 0 Å². The van der Waals surface area contributed by atoms with Crippen LogP contribution < -0.4 is 5.32 Å². The second kappa shape index (κ2) is 7.49. The number of aromatic nitrogens is 2. The van der Waals surface area contributed by atoms with Gasteiger partial charge in [0.25, 0.3) is 0 Å². The van der Waals surface area contributed by atoms with Crippen LogP contribution in [0.25, 0.3) is 11.0 Å². The Hall–Kier alpha value is -2.66. The van der Waals surface area contributed by atoms with Gasteiger partial charge in [0.1, 0.15) is 18.5 Å². The van der Waals surface area contributed by atoms with Crippen molar-refractivity contribution in [2.75, 3.05) is 6.54 Å². The number of benzene rings is 2. The Labute approximate surface area is 147 Å². The van der Waals surface area contributed by atoms with E-state index in [4.69, 9.17) is 0 Å². The molecule has 3 rings (SSSR count). The van der Waals surface area contributed by atoms with Crippen LogP contribution in [0.15, 0.2) is 48.5 Å². The molecular weight excluding hydrogens is 314 g/mol. The first kappa shape index (κ1) is 17.2. The van der Waals surface area contributed by atoms with E-state index < -0.39 is 6.10 Å². The molecule has 5 nitrogen and oxygen atoms in total. The summed E-state index contributed by atoms with van der Waals surface area (Å²) in [5.41, 5.74) is 4.10. The Bertz CT molecular complexity index is 884. The first-order valence-electron chi connectivity index (χ1n) is 8.50. The molecule has 1 aromatic heterocycles. The highest BCUT2D eigenvalue weighted by molar-refractivity contribution is 5.81. The molecule has 2 N–H and O–H groups in total. The normalized spacial score (nSPS) is 12.3. The maximum absolute atomic E-state index is 12.4. The van der Waals surface area contributed by atoms with E-state index in [1.165, 1.54) is 11.1 Å². The van der Waals surface area contributed by atoms with Crippen molar-refractivity contribution in [3.8, 4) is 0 Å². The fourth-order valence-electron chi connectivity index (χ4n) is 3.01. The number of hydrogen-bond donors (Lipinski definition) is 2. The number of aliphatic hydroxyl groups excluding tert-OH is 1. The standard InChI is InChI=1S/C20H23N3O2/c1-14-7-3-4-8-16(14)11-12-21-19(25)13-23-18-10-6-5-9-17(18)22-20(23)15(2)24/h3-10,15,24H,11-13H2,1-2H3,(H,21,25)/t15-/m1/s1. The van der Waals surface area contributed by atoms with Crippen LogP contribution in [0.3, 0.4) is 0 Å². The monoisotopic (exact) mass is 337 g/mol. The van der Waals surface area contributed by atoms with Crippen LogP contribution in [-0.4, -0.2) is 27.1 Å². The Morgan fingerprint density at radius 3 is 2.68 bits per heavy atom. The summed E-state index contributed by atoms with van der Waals surface area (Å²) in [7, 11) is 0. The fraction of sp³-hybridized carbons (Fsp3) is 0.300.